The molecule has 1 heterocycles. The van der Waals surface area contributed by atoms with Crippen molar-refractivity contribution < 1.29 is 9.85 Å². The number of rotatable bonds is 2. The number of nitro benzene ring substituents is 2. The molecule has 10 heteroatoms. The lowest BCUT2D eigenvalue weighted by molar-refractivity contribution is -0.384. The molecule has 0 fully saturated rings. The number of halogens is 2. The predicted molar refractivity (Wildman–Crippen MR) is 85.4 cm³/mol. The number of non-ortho nitro benzene ring substituents is 1. The van der Waals surface area contributed by atoms with Crippen LogP contribution in [0.2, 0.25) is 10.0 Å². The highest BCUT2D eigenvalue weighted by Gasteiger charge is 2.20. The second-order valence-corrected chi connectivity index (χ2v) is 5.51. The number of aromatic nitrogens is 1. The molecule has 1 N–H and O–H groups in total. The van der Waals surface area contributed by atoms with Crippen LogP contribution in [-0.4, -0.2) is 14.8 Å². The Balaban J connectivity index is 2.55. The van der Waals surface area contributed by atoms with E-state index in [-0.39, 0.29) is 37.5 Å². The Morgan fingerprint density at radius 3 is 2.17 bits per heavy atom. The van der Waals surface area contributed by atoms with Crippen molar-refractivity contribution in [1.82, 2.24) is 4.98 Å². The monoisotopic (exact) mass is 353 g/mol. The molecule has 0 radical (unpaired) electrons. The van der Waals surface area contributed by atoms with Gasteiger partial charge in [0.1, 0.15) is 10.5 Å². The van der Waals surface area contributed by atoms with Crippen molar-refractivity contribution in [2.75, 3.05) is 0 Å². The molecule has 0 unspecified atom stereocenters. The van der Waals surface area contributed by atoms with Gasteiger partial charge in [0.05, 0.1) is 26.1 Å². The summed E-state index contributed by atoms with van der Waals surface area (Å²) in [6.45, 7) is 0. The van der Waals surface area contributed by atoms with Crippen LogP contribution >= 0.6 is 23.2 Å². The molecular formula is C13H5Cl2N3O5. The van der Waals surface area contributed by atoms with Crippen molar-refractivity contribution in [2.45, 2.75) is 0 Å². The number of benzene rings is 2. The second kappa shape index (κ2) is 5.18. The molecular weight excluding hydrogens is 349 g/mol. The van der Waals surface area contributed by atoms with Gasteiger partial charge in [-0.05, 0) is 12.1 Å². The molecule has 3 aromatic rings. The maximum atomic E-state index is 12.5. The van der Waals surface area contributed by atoms with Gasteiger partial charge in [-0.3, -0.25) is 25.0 Å². The molecule has 0 saturated carbocycles. The Morgan fingerprint density at radius 2 is 1.57 bits per heavy atom. The third-order valence-corrected chi connectivity index (χ3v) is 3.83. The molecule has 0 bridgehead atoms. The fourth-order valence-corrected chi connectivity index (χ4v) is 2.76. The van der Waals surface area contributed by atoms with Crippen LogP contribution in [0.3, 0.4) is 0 Å². The van der Waals surface area contributed by atoms with E-state index >= 15 is 0 Å². The van der Waals surface area contributed by atoms with E-state index in [1.54, 1.807) is 0 Å². The van der Waals surface area contributed by atoms with Crippen molar-refractivity contribution in [1.29, 1.82) is 0 Å². The van der Waals surface area contributed by atoms with Gasteiger partial charge in [-0.2, -0.15) is 0 Å². The minimum Gasteiger partial charge on any atom is -0.349 e. The minimum atomic E-state index is -0.716. The normalized spacial score (nSPS) is 11.0. The van der Waals surface area contributed by atoms with Crippen LogP contribution in [-0.2, 0) is 0 Å². The van der Waals surface area contributed by atoms with Crippen LogP contribution in [0.15, 0.2) is 29.1 Å². The summed E-state index contributed by atoms with van der Waals surface area (Å²) in [5, 5.41) is 21.9. The van der Waals surface area contributed by atoms with E-state index in [4.69, 9.17) is 23.2 Å². The highest BCUT2D eigenvalue weighted by Crippen LogP contribution is 2.32. The van der Waals surface area contributed by atoms with Crippen molar-refractivity contribution in [3.63, 3.8) is 0 Å². The van der Waals surface area contributed by atoms with E-state index in [1.165, 1.54) is 12.1 Å². The van der Waals surface area contributed by atoms with E-state index in [0.717, 1.165) is 12.1 Å². The van der Waals surface area contributed by atoms with Crippen LogP contribution in [0.25, 0.3) is 21.8 Å². The van der Waals surface area contributed by atoms with Crippen LogP contribution in [0, 0.1) is 20.2 Å². The van der Waals surface area contributed by atoms with E-state index in [9.17, 15) is 25.0 Å². The number of nitrogens with one attached hydrogen (secondary N) is 1. The van der Waals surface area contributed by atoms with Gasteiger partial charge >= 0.3 is 0 Å². The Kier molecular flexibility index (Phi) is 3.42. The quantitative estimate of drug-likeness (QED) is 0.426. The average molecular weight is 354 g/mol. The molecule has 0 aliphatic rings. The molecule has 8 nitrogen and oxygen atoms in total. The van der Waals surface area contributed by atoms with Gasteiger partial charge in [0.2, 0.25) is 0 Å². The van der Waals surface area contributed by atoms with Gasteiger partial charge < -0.3 is 4.98 Å². The lowest BCUT2D eigenvalue weighted by Crippen LogP contribution is -2.06. The topological polar surface area (TPSA) is 119 Å². The molecule has 3 rings (SSSR count). The molecule has 1 aromatic heterocycles. The number of pyridine rings is 1. The fourth-order valence-electron chi connectivity index (χ4n) is 2.32. The smallest absolute Gasteiger partial charge is 0.294 e. The van der Waals surface area contributed by atoms with E-state index in [1.807, 2.05) is 0 Å². The molecule has 0 aliphatic carbocycles. The minimum absolute atomic E-state index is 0.00911. The van der Waals surface area contributed by atoms with Crippen molar-refractivity contribution >= 4 is 56.4 Å². The molecule has 2 aromatic carbocycles. The Bertz CT molecular complexity index is 1080. The van der Waals surface area contributed by atoms with Crippen LogP contribution in [0.5, 0.6) is 0 Å². The van der Waals surface area contributed by atoms with Crippen molar-refractivity contribution in [3.05, 3.63) is 64.8 Å². The predicted octanol–water partition coefficient (Wildman–Crippen LogP) is 3.80. The number of hydrogen-bond acceptors (Lipinski definition) is 5. The van der Waals surface area contributed by atoms with Gasteiger partial charge in [0.25, 0.3) is 11.4 Å². The molecule has 0 atom stereocenters. The molecule has 0 aliphatic heterocycles. The van der Waals surface area contributed by atoms with Gasteiger partial charge in [-0.25, -0.2) is 0 Å². The zero-order valence-electron chi connectivity index (χ0n) is 11.0. The highest BCUT2D eigenvalue weighted by atomic mass is 35.5. The van der Waals surface area contributed by atoms with Gasteiger partial charge in [-0.15, -0.1) is 0 Å². The van der Waals surface area contributed by atoms with Crippen LogP contribution < -0.4 is 5.43 Å². The van der Waals surface area contributed by atoms with E-state index < -0.39 is 21.0 Å². The summed E-state index contributed by atoms with van der Waals surface area (Å²) in [6.07, 6.45) is 0. The SMILES string of the molecule is O=c1c2cc([N+](=O)[O-])c(Cl)cc2[nH]c2c([N+](=O)[O-])cc(Cl)cc12. The lowest BCUT2D eigenvalue weighted by Gasteiger charge is -2.05. The van der Waals surface area contributed by atoms with Gasteiger partial charge in [-0.1, -0.05) is 23.2 Å². The van der Waals surface area contributed by atoms with Crippen LogP contribution in [0.4, 0.5) is 11.4 Å². The summed E-state index contributed by atoms with van der Waals surface area (Å²) in [5.41, 5.74) is -1.29. The first-order chi connectivity index (χ1) is 10.8. The number of nitro groups is 2. The number of H-pyrrole nitrogens is 1. The Labute approximate surface area is 136 Å². The molecule has 116 valence electrons. The first-order valence-electron chi connectivity index (χ1n) is 6.07. The molecule has 0 saturated heterocycles. The zero-order valence-corrected chi connectivity index (χ0v) is 12.5. The maximum Gasteiger partial charge on any atom is 0.294 e. The Morgan fingerprint density at radius 1 is 0.913 bits per heavy atom. The molecule has 0 spiro atoms. The van der Waals surface area contributed by atoms with Crippen molar-refractivity contribution in [2.24, 2.45) is 0 Å². The summed E-state index contributed by atoms with van der Waals surface area (Å²) >= 11 is 11.6. The number of hydrogen-bond donors (Lipinski definition) is 1. The van der Waals surface area contributed by atoms with E-state index in [0.29, 0.717) is 0 Å². The summed E-state index contributed by atoms with van der Waals surface area (Å²) in [5.74, 6) is 0. The van der Waals surface area contributed by atoms with E-state index in [2.05, 4.69) is 4.98 Å². The summed E-state index contributed by atoms with van der Waals surface area (Å²) < 4.78 is 0. The Hall–Kier alpha value is -2.71. The van der Waals surface area contributed by atoms with Crippen LogP contribution in [0.1, 0.15) is 0 Å². The lowest BCUT2D eigenvalue weighted by atomic mass is 10.1. The summed E-state index contributed by atoms with van der Waals surface area (Å²) in [7, 11) is 0. The third-order valence-electron chi connectivity index (χ3n) is 3.31. The van der Waals surface area contributed by atoms with Gasteiger partial charge in [0, 0.05) is 17.2 Å². The number of aromatic amines is 1. The summed E-state index contributed by atoms with van der Waals surface area (Å²) in [4.78, 5) is 35.9. The standard InChI is InChI=1S/C13H5Cl2N3O5/c14-5-1-7-12(11(2-5)18(22)23)16-9-4-8(15)10(17(20)21)3-6(9)13(7)19/h1-4H,(H,16,19). The maximum absolute atomic E-state index is 12.5. The molecule has 23 heavy (non-hydrogen) atoms. The average Bonchev–Trinajstić information content (AvgIpc) is 2.46. The number of nitrogens with zero attached hydrogens (tertiary/aromatic N) is 2. The fraction of sp³-hybridized carbons (Fsp3) is 0. The molecule has 0 amide bonds. The van der Waals surface area contributed by atoms with Crippen molar-refractivity contribution in [3.8, 4) is 0 Å². The highest BCUT2D eigenvalue weighted by molar-refractivity contribution is 6.33. The summed E-state index contributed by atoms with van der Waals surface area (Å²) in [6, 6.07) is 4.60. The third kappa shape index (κ3) is 2.37. The first kappa shape index (κ1) is 15.2. The number of fused-ring (bicyclic) bond motifs is 2. The van der Waals surface area contributed by atoms with Gasteiger partial charge in [0.15, 0.2) is 5.43 Å². The largest absolute Gasteiger partial charge is 0.349 e. The zero-order chi connectivity index (χ0) is 16.9. The first-order valence-corrected chi connectivity index (χ1v) is 6.82. The second-order valence-electron chi connectivity index (χ2n) is 4.67.